The summed E-state index contributed by atoms with van der Waals surface area (Å²) in [7, 11) is 0. The Kier molecular flexibility index (Phi) is 5.29. The molecule has 27 heavy (non-hydrogen) atoms. The molecule has 1 aliphatic carbocycles. The van der Waals surface area contributed by atoms with E-state index in [-0.39, 0.29) is 11.6 Å². The van der Waals surface area contributed by atoms with Crippen molar-refractivity contribution < 1.29 is 8.78 Å². The highest BCUT2D eigenvalue weighted by molar-refractivity contribution is 5.53. The number of anilines is 1. The summed E-state index contributed by atoms with van der Waals surface area (Å²) in [6, 6.07) is 9.41. The zero-order chi connectivity index (χ0) is 18.8. The summed E-state index contributed by atoms with van der Waals surface area (Å²) in [5.41, 5.74) is 4.42. The van der Waals surface area contributed by atoms with Gasteiger partial charge in [0.15, 0.2) is 0 Å². The lowest BCUT2D eigenvalue weighted by atomic mass is 9.81. The van der Waals surface area contributed by atoms with Crippen molar-refractivity contribution in [3.8, 4) is 0 Å². The highest BCUT2D eigenvalue weighted by Gasteiger charge is 2.24. The fourth-order valence-electron chi connectivity index (χ4n) is 4.27. The number of hydrogen-bond donors (Lipinski definition) is 0. The number of aryl methyl sites for hydroxylation is 1. The molecule has 0 atom stereocenters. The first kappa shape index (κ1) is 18.2. The summed E-state index contributed by atoms with van der Waals surface area (Å²) < 4.78 is 29.3. The third kappa shape index (κ3) is 3.78. The van der Waals surface area contributed by atoms with Gasteiger partial charge in [0.1, 0.15) is 11.6 Å². The highest BCUT2D eigenvalue weighted by atomic mass is 19.1. The van der Waals surface area contributed by atoms with Crippen molar-refractivity contribution in [1.29, 1.82) is 0 Å². The first-order valence-corrected chi connectivity index (χ1v) is 10.1. The largest absolute Gasteiger partial charge is 0.364 e. The van der Waals surface area contributed by atoms with Crippen LogP contribution in [0.5, 0.6) is 0 Å². The van der Waals surface area contributed by atoms with Gasteiger partial charge in [-0.15, -0.1) is 6.58 Å². The molecule has 0 radical (unpaired) electrons. The molecule has 1 saturated carbocycles. The van der Waals surface area contributed by atoms with Crippen molar-refractivity contribution in [3.05, 3.63) is 76.9 Å². The van der Waals surface area contributed by atoms with Gasteiger partial charge in [-0.1, -0.05) is 43.5 Å². The number of benzene rings is 2. The van der Waals surface area contributed by atoms with Crippen molar-refractivity contribution in [1.82, 2.24) is 0 Å². The van der Waals surface area contributed by atoms with Crippen molar-refractivity contribution in [3.63, 3.8) is 0 Å². The molecule has 142 valence electrons. The van der Waals surface area contributed by atoms with Crippen molar-refractivity contribution >= 4 is 5.69 Å². The van der Waals surface area contributed by atoms with E-state index < -0.39 is 0 Å². The van der Waals surface area contributed by atoms with Crippen LogP contribution < -0.4 is 4.90 Å². The fourth-order valence-corrected chi connectivity index (χ4v) is 4.27. The van der Waals surface area contributed by atoms with E-state index in [1.165, 1.54) is 24.8 Å². The number of rotatable bonds is 6. The zero-order valence-corrected chi connectivity index (χ0v) is 15.8. The summed E-state index contributed by atoms with van der Waals surface area (Å²) in [4.78, 5) is 2.06. The molecule has 0 saturated heterocycles. The molecule has 2 aromatic rings. The molecule has 0 bridgehead atoms. The molecule has 0 spiro atoms. The van der Waals surface area contributed by atoms with Gasteiger partial charge in [0, 0.05) is 13.1 Å². The van der Waals surface area contributed by atoms with E-state index in [1.54, 1.807) is 6.07 Å². The SMILES string of the molecule is C=CCCc1ccc2c(c1F)CCN(c1cc(CC3CCC3)ccc1F)C2. The van der Waals surface area contributed by atoms with Crippen LogP contribution in [0.15, 0.2) is 43.0 Å². The van der Waals surface area contributed by atoms with E-state index in [9.17, 15) is 8.78 Å². The molecule has 1 fully saturated rings. The van der Waals surface area contributed by atoms with Crippen LogP contribution in [-0.2, 0) is 25.8 Å². The zero-order valence-electron chi connectivity index (χ0n) is 15.8. The maximum atomic E-state index is 14.8. The molecule has 0 N–H and O–H groups in total. The summed E-state index contributed by atoms with van der Waals surface area (Å²) >= 11 is 0. The van der Waals surface area contributed by atoms with Crippen molar-refractivity contribution in [2.45, 2.75) is 51.5 Å². The summed E-state index contributed by atoms with van der Waals surface area (Å²) in [6.07, 6.45) is 8.84. The molecule has 1 nitrogen and oxygen atoms in total. The molecule has 3 heteroatoms. The van der Waals surface area contributed by atoms with Crippen LogP contribution in [-0.4, -0.2) is 6.54 Å². The van der Waals surface area contributed by atoms with Crippen LogP contribution in [0.25, 0.3) is 0 Å². The molecule has 0 aromatic heterocycles. The second-order valence-electron chi connectivity index (χ2n) is 7.96. The Morgan fingerprint density at radius 1 is 1.15 bits per heavy atom. The second kappa shape index (κ2) is 7.84. The first-order chi connectivity index (χ1) is 13.2. The Morgan fingerprint density at radius 3 is 2.74 bits per heavy atom. The number of hydrogen-bond acceptors (Lipinski definition) is 1. The Balaban J connectivity index is 1.54. The quantitative estimate of drug-likeness (QED) is 0.567. The van der Waals surface area contributed by atoms with Gasteiger partial charge >= 0.3 is 0 Å². The van der Waals surface area contributed by atoms with Crippen LogP contribution in [0.2, 0.25) is 0 Å². The molecule has 4 rings (SSSR count). The van der Waals surface area contributed by atoms with E-state index in [2.05, 4.69) is 11.5 Å². The lowest BCUT2D eigenvalue weighted by Gasteiger charge is -2.32. The van der Waals surface area contributed by atoms with Gasteiger partial charge in [0.25, 0.3) is 0 Å². The number of allylic oxidation sites excluding steroid dienone is 1. The first-order valence-electron chi connectivity index (χ1n) is 10.1. The topological polar surface area (TPSA) is 3.24 Å². The standard InChI is InChI=1S/C24H27F2N/c1-2-3-7-19-9-10-20-16-27(13-12-21(20)24(19)26)23-15-18(8-11-22(23)25)14-17-5-4-6-17/h2,8-11,15,17H,1,3-7,12-14,16H2. The van der Waals surface area contributed by atoms with Gasteiger partial charge in [0.2, 0.25) is 0 Å². The van der Waals surface area contributed by atoms with E-state index in [0.29, 0.717) is 31.6 Å². The highest BCUT2D eigenvalue weighted by Crippen LogP contribution is 2.33. The number of halogens is 2. The molecule has 1 aliphatic heterocycles. The average molecular weight is 367 g/mol. The molecule has 2 aliphatic rings. The van der Waals surface area contributed by atoms with Crippen LogP contribution >= 0.6 is 0 Å². The third-order valence-electron chi connectivity index (χ3n) is 6.13. The van der Waals surface area contributed by atoms with E-state index in [1.807, 2.05) is 30.3 Å². The predicted octanol–water partition coefficient (Wildman–Crippen LogP) is 5.99. The maximum Gasteiger partial charge on any atom is 0.146 e. The summed E-state index contributed by atoms with van der Waals surface area (Å²) in [6.45, 7) is 4.93. The van der Waals surface area contributed by atoms with Gasteiger partial charge in [-0.05, 0) is 66.0 Å². The van der Waals surface area contributed by atoms with Crippen LogP contribution in [0.1, 0.15) is 47.9 Å². The number of nitrogens with zero attached hydrogens (tertiary/aromatic N) is 1. The minimum absolute atomic E-state index is 0.0757. The lowest BCUT2D eigenvalue weighted by Crippen LogP contribution is -2.32. The smallest absolute Gasteiger partial charge is 0.146 e. The van der Waals surface area contributed by atoms with Crippen LogP contribution in [0.3, 0.4) is 0 Å². The van der Waals surface area contributed by atoms with Crippen LogP contribution in [0.4, 0.5) is 14.5 Å². The van der Waals surface area contributed by atoms with Gasteiger partial charge < -0.3 is 4.90 Å². The van der Waals surface area contributed by atoms with Gasteiger partial charge in [0.05, 0.1) is 5.69 Å². The Bertz CT molecular complexity index is 839. The Hall–Kier alpha value is -2.16. The average Bonchev–Trinajstić information content (AvgIpc) is 2.65. The third-order valence-corrected chi connectivity index (χ3v) is 6.13. The molecular weight excluding hydrogens is 340 g/mol. The number of fused-ring (bicyclic) bond motifs is 1. The molecule has 0 unspecified atom stereocenters. The monoisotopic (exact) mass is 367 g/mol. The van der Waals surface area contributed by atoms with Crippen LogP contribution in [0, 0.1) is 17.6 Å². The fraction of sp³-hybridized carbons (Fsp3) is 0.417. The maximum absolute atomic E-state index is 14.8. The summed E-state index contributed by atoms with van der Waals surface area (Å²) in [5, 5.41) is 0. The molecule has 0 amide bonds. The van der Waals surface area contributed by atoms with Gasteiger partial charge in [-0.3, -0.25) is 0 Å². The van der Waals surface area contributed by atoms with Crippen molar-refractivity contribution in [2.24, 2.45) is 5.92 Å². The minimum Gasteiger partial charge on any atom is -0.364 e. The second-order valence-corrected chi connectivity index (χ2v) is 7.96. The van der Waals surface area contributed by atoms with E-state index in [4.69, 9.17) is 0 Å². The van der Waals surface area contributed by atoms with E-state index in [0.717, 1.165) is 35.4 Å². The molecule has 1 heterocycles. The molecule has 2 aromatic carbocycles. The Morgan fingerprint density at radius 2 is 2.00 bits per heavy atom. The predicted molar refractivity (Wildman–Crippen MR) is 107 cm³/mol. The normalized spacial score (nSPS) is 16.7. The molecular formula is C24H27F2N. The van der Waals surface area contributed by atoms with E-state index >= 15 is 0 Å². The Labute approximate surface area is 160 Å². The van der Waals surface area contributed by atoms with Gasteiger partial charge in [-0.25, -0.2) is 8.78 Å². The summed E-state index contributed by atoms with van der Waals surface area (Å²) in [5.74, 6) is 0.501. The van der Waals surface area contributed by atoms with Gasteiger partial charge in [-0.2, -0.15) is 0 Å². The lowest BCUT2D eigenvalue weighted by molar-refractivity contribution is 0.314. The minimum atomic E-state index is -0.182. The van der Waals surface area contributed by atoms with Crippen molar-refractivity contribution in [2.75, 3.05) is 11.4 Å².